The molecule has 1 aliphatic rings. The highest BCUT2D eigenvalue weighted by molar-refractivity contribution is 5.87. The molecule has 0 heterocycles. The highest BCUT2D eigenvalue weighted by atomic mass is 19.1. The van der Waals surface area contributed by atoms with E-state index in [2.05, 4.69) is 4.74 Å². The summed E-state index contributed by atoms with van der Waals surface area (Å²) < 4.78 is 16.5. The smallest absolute Gasteiger partial charge is 0.366 e. The first kappa shape index (κ1) is 6.26. The second-order valence-electron chi connectivity index (χ2n) is 1.91. The fourth-order valence-corrected chi connectivity index (χ4v) is 0.516. The molecule has 0 unspecified atom stereocenters. The Morgan fingerprint density at radius 2 is 2.22 bits per heavy atom. The largest absolute Gasteiger partial charge is 0.464 e. The van der Waals surface area contributed by atoms with Gasteiger partial charge in [0.25, 0.3) is 0 Å². The van der Waals surface area contributed by atoms with Crippen LogP contribution in [0.1, 0.15) is 12.8 Å². The van der Waals surface area contributed by atoms with Crippen molar-refractivity contribution in [3.8, 4) is 0 Å². The van der Waals surface area contributed by atoms with Crippen LogP contribution in [-0.4, -0.2) is 13.1 Å². The molecule has 50 valence electrons. The lowest BCUT2D eigenvalue weighted by Crippen LogP contribution is -1.99. The SMILES string of the molecule is COC(=O)C(F)=C1CC1. The first-order chi connectivity index (χ1) is 4.25. The van der Waals surface area contributed by atoms with Gasteiger partial charge in [-0.1, -0.05) is 0 Å². The minimum absolute atomic E-state index is 0.585. The van der Waals surface area contributed by atoms with Gasteiger partial charge in [-0.2, -0.15) is 4.39 Å². The third kappa shape index (κ3) is 1.28. The molecule has 0 radical (unpaired) electrons. The maximum atomic E-state index is 12.4. The molecular weight excluding hydrogens is 123 g/mol. The van der Waals surface area contributed by atoms with E-state index < -0.39 is 11.8 Å². The van der Waals surface area contributed by atoms with Gasteiger partial charge in [-0.05, 0) is 18.4 Å². The van der Waals surface area contributed by atoms with Gasteiger partial charge in [0.2, 0.25) is 5.83 Å². The Morgan fingerprint density at radius 3 is 2.56 bits per heavy atom. The van der Waals surface area contributed by atoms with Gasteiger partial charge < -0.3 is 4.74 Å². The summed E-state index contributed by atoms with van der Waals surface area (Å²) in [7, 11) is 1.17. The van der Waals surface area contributed by atoms with Crippen LogP contribution in [0.4, 0.5) is 4.39 Å². The fraction of sp³-hybridized carbons (Fsp3) is 0.500. The van der Waals surface area contributed by atoms with Crippen molar-refractivity contribution in [2.24, 2.45) is 0 Å². The van der Waals surface area contributed by atoms with Crippen LogP contribution in [0.2, 0.25) is 0 Å². The molecular formula is C6H7FO2. The van der Waals surface area contributed by atoms with Crippen molar-refractivity contribution >= 4 is 5.97 Å². The topological polar surface area (TPSA) is 26.3 Å². The lowest BCUT2D eigenvalue weighted by atomic mass is 10.5. The van der Waals surface area contributed by atoms with Crippen molar-refractivity contribution in [3.63, 3.8) is 0 Å². The Bertz CT molecular complexity index is 166. The lowest BCUT2D eigenvalue weighted by molar-refractivity contribution is -0.137. The molecule has 9 heavy (non-hydrogen) atoms. The third-order valence-electron chi connectivity index (χ3n) is 1.18. The number of allylic oxidation sites excluding steroid dienone is 1. The molecule has 0 N–H and O–H groups in total. The third-order valence-corrected chi connectivity index (χ3v) is 1.18. The molecule has 0 saturated heterocycles. The number of hydrogen-bond acceptors (Lipinski definition) is 2. The zero-order valence-electron chi connectivity index (χ0n) is 5.11. The number of esters is 1. The standard InChI is InChI=1S/C6H7FO2/c1-9-6(8)5(7)4-2-3-4/h2-3H2,1H3. The molecule has 0 aromatic rings. The van der Waals surface area contributed by atoms with E-state index in [1.165, 1.54) is 7.11 Å². The van der Waals surface area contributed by atoms with Gasteiger partial charge in [0, 0.05) is 0 Å². The number of carbonyl (C=O) groups is 1. The average Bonchev–Trinajstić information content (AvgIpc) is 2.66. The van der Waals surface area contributed by atoms with Crippen LogP contribution in [0.5, 0.6) is 0 Å². The summed E-state index contributed by atoms with van der Waals surface area (Å²) in [5.41, 5.74) is 0.585. The Hall–Kier alpha value is -0.860. The van der Waals surface area contributed by atoms with Crippen LogP contribution in [0.25, 0.3) is 0 Å². The van der Waals surface area contributed by atoms with Crippen LogP contribution in [-0.2, 0) is 9.53 Å². The van der Waals surface area contributed by atoms with Crippen LogP contribution in [0, 0.1) is 0 Å². The molecule has 0 bridgehead atoms. The van der Waals surface area contributed by atoms with Crippen molar-refractivity contribution in [2.45, 2.75) is 12.8 Å². The van der Waals surface area contributed by atoms with Crippen molar-refractivity contribution in [3.05, 3.63) is 11.4 Å². The van der Waals surface area contributed by atoms with Crippen molar-refractivity contribution in [2.75, 3.05) is 7.11 Å². The summed E-state index contributed by atoms with van der Waals surface area (Å²) >= 11 is 0. The Morgan fingerprint density at radius 1 is 1.67 bits per heavy atom. The zero-order chi connectivity index (χ0) is 6.85. The van der Waals surface area contributed by atoms with E-state index in [1.54, 1.807) is 0 Å². The van der Waals surface area contributed by atoms with Crippen LogP contribution < -0.4 is 0 Å². The number of ether oxygens (including phenoxy) is 1. The normalized spacial score (nSPS) is 15.1. The quantitative estimate of drug-likeness (QED) is 0.393. The zero-order valence-corrected chi connectivity index (χ0v) is 5.11. The number of hydrogen-bond donors (Lipinski definition) is 0. The molecule has 1 rings (SSSR count). The summed E-state index contributed by atoms with van der Waals surface area (Å²) in [5.74, 6) is -1.54. The van der Waals surface area contributed by atoms with E-state index in [1.807, 2.05) is 0 Å². The van der Waals surface area contributed by atoms with Crippen LogP contribution in [0.15, 0.2) is 11.4 Å². The predicted octanol–water partition coefficient (Wildman–Crippen LogP) is 1.18. The second kappa shape index (κ2) is 2.17. The highest BCUT2D eigenvalue weighted by Crippen LogP contribution is 2.32. The monoisotopic (exact) mass is 130 g/mol. The molecule has 0 aromatic heterocycles. The molecule has 3 heteroatoms. The first-order valence-corrected chi connectivity index (χ1v) is 2.71. The molecule has 1 fully saturated rings. The Kier molecular flexibility index (Phi) is 1.51. The summed E-state index contributed by atoms with van der Waals surface area (Å²) in [6.45, 7) is 0. The van der Waals surface area contributed by atoms with Gasteiger partial charge in [0.15, 0.2) is 0 Å². The Balaban J connectivity index is 2.61. The molecule has 2 nitrogen and oxygen atoms in total. The predicted molar refractivity (Wildman–Crippen MR) is 29.4 cm³/mol. The molecule has 0 amide bonds. The minimum Gasteiger partial charge on any atom is -0.464 e. The van der Waals surface area contributed by atoms with Crippen LogP contribution in [0.3, 0.4) is 0 Å². The van der Waals surface area contributed by atoms with Gasteiger partial charge >= 0.3 is 5.97 Å². The van der Waals surface area contributed by atoms with E-state index in [-0.39, 0.29) is 0 Å². The summed E-state index contributed by atoms with van der Waals surface area (Å²) in [6.07, 6.45) is 1.42. The van der Waals surface area contributed by atoms with E-state index >= 15 is 0 Å². The molecule has 0 aromatic carbocycles. The van der Waals surface area contributed by atoms with Gasteiger partial charge in [0.1, 0.15) is 0 Å². The maximum Gasteiger partial charge on any atom is 0.366 e. The molecule has 0 atom stereocenters. The number of carbonyl (C=O) groups excluding carboxylic acids is 1. The number of halogens is 1. The van der Waals surface area contributed by atoms with Gasteiger partial charge in [-0.15, -0.1) is 0 Å². The molecule has 0 spiro atoms. The van der Waals surface area contributed by atoms with Gasteiger partial charge in [0.05, 0.1) is 7.11 Å². The maximum absolute atomic E-state index is 12.4. The first-order valence-electron chi connectivity index (χ1n) is 2.71. The summed E-state index contributed by atoms with van der Waals surface area (Å²) in [6, 6.07) is 0. The van der Waals surface area contributed by atoms with E-state index in [0.717, 1.165) is 0 Å². The van der Waals surface area contributed by atoms with Crippen molar-refractivity contribution in [1.29, 1.82) is 0 Å². The number of methoxy groups -OCH3 is 1. The minimum atomic E-state index is -0.845. The van der Waals surface area contributed by atoms with E-state index in [4.69, 9.17) is 0 Å². The summed E-state index contributed by atoms with van der Waals surface area (Å²) in [4.78, 5) is 10.3. The van der Waals surface area contributed by atoms with Crippen LogP contribution >= 0.6 is 0 Å². The molecule has 1 aliphatic carbocycles. The van der Waals surface area contributed by atoms with Gasteiger partial charge in [-0.25, -0.2) is 4.79 Å². The molecule has 1 saturated carbocycles. The second-order valence-corrected chi connectivity index (χ2v) is 1.91. The fourth-order valence-electron chi connectivity index (χ4n) is 0.516. The lowest BCUT2D eigenvalue weighted by Gasteiger charge is -1.90. The van der Waals surface area contributed by atoms with Gasteiger partial charge in [-0.3, -0.25) is 0 Å². The van der Waals surface area contributed by atoms with E-state index in [9.17, 15) is 9.18 Å². The molecule has 0 aliphatic heterocycles. The average molecular weight is 130 g/mol. The highest BCUT2D eigenvalue weighted by Gasteiger charge is 2.23. The Labute approximate surface area is 52.3 Å². The summed E-state index contributed by atoms with van der Waals surface area (Å²) in [5, 5.41) is 0. The van der Waals surface area contributed by atoms with E-state index in [0.29, 0.717) is 18.4 Å². The van der Waals surface area contributed by atoms with Crippen molar-refractivity contribution in [1.82, 2.24) is 0 Å². The van der Waals surface area contributed by atoms with Crippen molar-refractivity contribution < 1.29 is 13.9 Å². The number of rotatable bonds is 1.